The first kappa shape index (κ1) is 21.0. The van der Waals surface area contributed by atoms with E-state index in [0.29, 0.717) is 5.02 Å². The fourth-order valence-corrected chi connectivity index (χ4v) is 6.07. The zero-order valence-electron chi connectivity index (χ0n) is 17.4. The Morgan fingerprint density at radius 1 is 0.969 bits per heavy atom. The molecule has 4 atom stereocenters. The van der Waals surface area contributed by atoms with Crippen LogP contribution in [-0.4, -0.2) is 23.7 Å². The van der Waals surface area contributed by atoms with Crippen LogP contribution in [-0.2, 0) is 15.0 Å². The number of para-hydroxylation sites is 1. The van der Waals surface area contributed by atoms with E-state index in [0.717, 1.165) is 27.9 Å². The molecule has 3 aromatic rings. The molecule has 32 heavy (non-hydrogen) atoms. The predicted molar refractivity (Wildman–Crippen MR) is 128 cm³/mol. The van der Waals surface area contributed by atoms with Crippen LogP contribution < -0.4 is 10.6 Å². The monoisotopic (exact) mass is 464 g/mol. The van der Waals surface area contributed by atoms with Gasteiger partial charge < -0.3 is 10.6 Å². The third-order valence-corrected chi connectivity index (χ3v) is 7.52. The number of aryl methyl sites for hydroxylation is 1. The number of benzene rings is 3. The van der Waals surface area contributed by atoms with E-state index in [2.05, 4.69) is 10.6 Å². The van der Waals surface area contributed by atoms with Gasteiger partial charge in [-0.3, -0.25) is 9.59 Å². The van der Waals surface area contributed by atoms with Crippen LogP contribution in [0.5, 0.6) is 0 Å². The van der Waals surface area contributed by atoms with E-state index < -0.39 is 16.7 Å². The van der Waals surface area contributed by atoms with E-state index in [1.165, 1.54) is 0 Å². The van der Waals surface area contributed by atoms with Crippen LogP contribution in [0.25, 0.3) is 0 Å². The average molecular weight is 465 g/mol. The van der Waals surface area contributed by atoms with Gasteiger partial charge in [-0.1, -0.05) is 66.2 Å². The lowest BCUT2D eigenvalue weighted by Crippen LogP contribution is -2.49. The molecule has 1 saturated heterocycles. The molecule has 1 fully saturated rings. The van der Waals surface area contributed by atoms with Crippen LogP contribution >= 0.6 is 23.2 Å². The fraction of sp³-hybridized carbons (Fsp3) is 0.231. The van der Waals surface area contributed by atoms with Crippen molar-refractivity contribution in [1.82, 2.24) is 5.32 Å². The SMILES string of the molecule is Cc1ccccc1[C@H]1C(Cl)C(=O)NC[C@@H](c2cccc(Cl)c2)[C@@]12C(=O)Nc1ccccc12. The second kappa shape index (κ2) is 7.95. The number of hydrogen-bond acceptors (Lipinski definition) is 2. The summed E-state index contributed by atoms with van der Waals surface area (Å²) in [6.07, 6.45) is 0. The van der Waals surface area contributed by atoms with Crippen molar-refractivity contribution < 1.29 is 9.59 Å². The molecule has 162 valence electrons. The lowest BCUT2D eigenvalue weighted by molar-refractivity contribution is -0.123. The maximum atomic E-state index is 14.0. The van der Waals surface area contributed by atoms with Crippen molar-refractivity contribution >= 4 is 40.7 Å². The summed E-state index contributed by atoms with van der Waals surface area (Å²) in [4.78, 5) is 27.1. The molecule has 1 spiro atoms. The van der Waals surface area contributed by atoms with E-state index in [1.54, 1.807) is 6.07 Å². The normalized spacial score (nSPS) is 26.9. The fourth-order valence-electron chi connectivity index (χ4n) is 5.46. The van der Waals surface area contributed by atoms with Gasteiger partial charge >= 0.3 is 0 Å². The number of halogens is 2. The maximum absolute atomic E-state index is 14.0. The maximum Gasteiger partial charge on any atom is 0.238 e. The zero-order chi connectivity index (χ0) is 22.5. The van der Waals surface area contributed by atoms with Crippen molar-refractivity contribution in [3.8, 4) is 0 Å². The highest BCUT2D eigenvalue weighted by Gasteiger charge is 2.62. The lowest BCUT2D eigenvalue weighted by atomic mass is 9.58. The molecule has 0 saturated carbocycles. The average Bonchev–Trinajstić information content (AvgIpc) is 3.01. The molecule has 2 heterocycles. The molecule has 0 bridgehead atoms. The number of hydrogen-bond donors (Lipinski definition) is 2. The molecule has 0 aromatic heterocycles. The van der Waals surface area contributed by atoms with Gasteiger partial charge in [-0.15, -0.1) is 11.6 Å². The van der Waals surface area contributed by atoms with Gasteiger partial charge in [0.1, 0.15) is 5.38 Å². The van der Waals surface area contributed by atoms with Crippen molar-refractivity contribution in [2.24, 2.45) is 0 Å². The number of nitrogens with one attached hydrogen (secondary N) is 2. The Balaban J connectivity index is 1.87. The van der Waals surface area contributed by atoms with Crippen LogP contribution in [0.2, 0.25) is 5.02 Å². The quantitative estimate of drug-likeness (QED) is 0.515. The number of anilines is 1. The number of carbonyl (C=O) groups excluding carboxylic acids is 2. The Labute approximate surface area is 196 Å². The van der Waals surface area contributed by atoms with Crippen molar-refractivity contribution in [2.75, 3.05) is 11.9 Å². The molecule has 2 aliphatic rings. The standard InChI is InChI=1S/C26H22Cl2N2O2/c1-15-7-2-3-10-18(15)22-23(28)24(31)29-14-20(16-8-6-9-17(27)13-16)26(22)19-11-4-5-12-21(19)30-25(26)32/h2-13,20,22-23H,14H2,1H3,(H,29,31)(H,30,32)/t20-,22-,23?,26+/m0/s1. The highest BCUT2D eigenvalue weighted by Crippen LogP contribution is 2.58. The van der Waals surface area contributed by atoms with Crippen LogP contribution in [0, 0.1) is 6.92 Å². The van der Waals surface area contributed by atoms with E-state index >= 15 is 0 Å². The smallest absolute Gasteiger partial charge is 0.238 e. The van der Waals surface area contributed by atoms with Gasteiger partial charge in [0, 0.05) is 29.1 Å². The molecule has 5 rings (SSSR count). The summed E-state index contributed by atoms with van der Waals surface area (Å²) in [5.41, 5.74) is 3.27. The second-order valence-electron chi connectivity index (χ2n) is 8.46. The van der Waals surface area contributed by atoms with Crippen LogP contribution in [0.15, 0.2) is 72.8 Å². The molecule has 4 nitrogen and oxygen atoms in total. The van der Waals surface area contributed by atoms with Gasteiger partial charge in [0.15, 0.2) is 0 Å². The highest BCUT2D eigenvalue weighted by molar-refractivity contribution is 6.32. The molecular weight excluding hydrogens is 443 g/mol. The summed E-state index contributed by atoms with van der Waals surface area (Å²) in [5.74, 6) is -1.39. The van der Waals surface area contributed by atoms with Gasteiger partial charge in [0.05, 0.1) is 5.41 Å². The van der Waals surface area contributed by atoms with Crippen molar-refractivity contribution in [3.05, 3.63) is 100 Å². The molecule has 2 N–H and O–H groups in total. The second-order valence-corrected chi connectivity index (χ2v) is 9.36. The van der Waals surface area contributed by atoms with E-state index in [9.17, 15) is 9.59 Å². The van der Waals surface area contributed by atoms with E-state index in [1.807, 2.05) is 73.7 Å². The van der Waals surface area contributed by atoms with Gasteiger partial charge in [0.25, 0.3) is 0 Å². The van der Waals surface area contributed by atoms with Crippen molar-refractivity contribution in [1.29, 1.82) is 0 Å². The Kier molecular flexibility index (Phi) is 5.23. The Bertz CT molecular complexity index is 1230. The minimum atomic E-state index is -1.10. The number of carbonyl (C=O) groups is 2. The third kappa shape index (κ3) is 3.05. The van der Waals surface area contributed by atoms with Crippen molar-refractivity contribution in [3.63, 3.8) is 0 Å². The Morgan fingerprint density at radius 2 is 1.72 bits per heavy atom. The molecule has 0 radical (unpaired) electrons. The summed E-state index contributed by atoms with van der Waals surface area (Å²) in [6, 6.07) is 23.0. The molecule has 3 aromatic carbocycles. The molecule has 2 amide bonds. The zero-order valence-corrected chi connectivity index (χ0v) is 19.0. The summed E-state index contributed by atoms with van der Waals surface area (Å²) < 4.78 is 0. The number of rotatable bonds is 2. The van der Waals surface area contributed by atoms with Gasteiger partial charge in [-0.2, -0.15) is 0 Å². The summed E-state index contributed by atoms with van der Waals surface area (Å²) in [5, 5.41) is 5.72. The minimum absolute atomic E-state index is 0.154. The van der Waals surface area contributed by atoms with E-state index in [-0.39, 0.29) is 24.3 Å². The topological polar surface area (TPSA) is 58.2 Å². The molecular formula is C26H22Cl2N2O2. The highest BCUT2D eigenvalue weighted by atomic mass is 35.5. The van der Waals surface area contributed by atoms with Gasteiger partial charge in [-0.05, 0) is 47.4 Å². The lowest BCUT2D eigenvalue weighted by Gasteiger charge is -2.42. The first-order chi connectivity index (χ1) is 15.4. The minimum Gasteiger partial charge on any atom is -0.354 e. The first-order valence-electron chi connectivity index (χ1n) is 10.6. The Morgan fingerprint density at radius 3 is 2.50 bits per heavy atom. The molecule has 0 aliphatic carbocycles. The van der Waals surface area contributed by atoms with Crippen LogP contribution in [0.3, 0.4) is 0 Å². The van der Waals surface area contributed by atoms with Crippen molar-refractivity contribution in [2.45, 2.75) is 29.6 Å². The molecule has 1 unspecified atom stereocenters. The Hall–Kier alpha value is -2.82. The largest absolute Gasteiger partial charge is 0.354 e. The summed E-state index contributed by atoms with van der Waals surface area (Å²) in [7, 11) is 0. The van der Waals surface area contributed by atoms with Crippen LogP contribution in [0.1, 0.15) is 34.1 Å². The van der Waals surface area contributed by atoms with Crippen LogP contribution in [0.4, 0.5) is 5.69 Å². The summed E-state index contributed by atoms with van der Waals surface area (Å²) >= 11 is 13.3. The number of amides is 2. The third-order valence-electron chi connectivity index (χ3n) is 6.83. The van der Waals surface area contributed by atoms with E-state index in [4.69, 9.17) is 23.2 Å². The first-order valence-corrected chi connectivity index (χ1v) is 11.4. The molecule has 2 aliphatic heterocycles. The summed E-state index contributed by atoms with van der Waals surface area (Å²) in [6.45, 7) is 2.26. The molecule has 6 heteroatoms. The van der Waals surface area contributed by atoms with Gasteiger partial charge in [0.2, 0.25) is 11.8 Å². The van der Waals surface area contributed by atoms with Gasteiger partial charge in [-0.25, -0.2) is 0 Å². The predicted octanol–water partition coefficient (Wildman–Crippen LogP) is 5.14. The number of alkyl halides is 1. The number of fused-ring (bicyclic) bond motifs is 2.